The number of amides is 1. The highest BCUT2D eigenvalue weighted by molar-refractivity contribution is 6.06. The first kappa shape index (κ1) is 20.9. The number of fused-ring (bicyclic) bond motifs is 3. The number of hydrogen-bond acceptors (Lipinski definition) is 5. The number of hydrogen-bond donors (Lipinski definition) is 1. The molecular formula is C24H21F3N4O3. The van der Waals surface area contributed by atoms with Crippen LogP contribution in [0.15, 0.2) is 48.5 Å². The van der Waals surface area contributed by atoms with Gasteiger partial charge in [-0.2, -0.15) is 18.3 Å². The number of carbonyl (C=O) groups excluding carboxylic acids is 1. The Balaban J connectivity index is 1.34. The second-order valence-electron chi connectivity index (χ2n) is 8.65. The molecular weight excluding hydrogens is 449 g/mol. The summed E-state index contributed by atoms with van der Waals surface area (Å²) in [5.74, 6) is 0.814. The van der Waals surface area contributed by atoms with E-state index in [9.17, 15) is 18.0 Å². The Kier molecular flexibility index (Phi) is 4.72. The van der Waals surface area contributed by atoms with E-state index in [0.717, 1.165) is 28.8 Å². The summed E-state index contributed by atoms with van der Waals surface area (Å²) in [5.41, 5.74) is 2.45. The van der Waals surface area contributed by atoms with Crippen molar-refractivity contribution in [2.45, 2.75) is 37.5 Å². The first-order chi connectivity index (χ1) is 16.4. The lowest BCUT2D eigenvalue weighted by Gasteiger charge is -2.33. The standard InChI is InChI=1S/C24H21F3N4O3/c25-24(26,27)21-11-16(15-7-8-19-20(10-15)34-13-33-19)28-22-12-17(29-31(21)22)23(32)30-9-3-5-14-4-1-2-6-18(14)30/h1-2,4,6-8,10,12,16,21,28H,3,5,9,11,13H2/t16-,21+/m0/s1. The van der Waals surface area contributed by atoms with E-state index < -0.39 is 24.2 Å². The summed E-state index contributed by atoms with van der Waals surface area (Å²) in [6.45, 7) is 0.577. The van der Waals surface area contributed by atoms with Crippen LogP contribution in [0.2, 0.25) is 0 Å². The summed E-state index contributed by atoms with van der Waals surface area (Å²) >= 11 is 0. The van der Waals surface area contributed by atoms with Crippen molar-refractivity contribution >= 4 is 17.4 Å². The highest BCUT2D eigenvalue weighted by Gasteiger charge is 2.47. The normalized spacial score (nSPS) is 21.0. The molecule has 0 radical (unpaired) electrons. The van der Waals surface area contributed by atoms with Gasteiger partial charge in [0.15, 0.2) is 23.2 Å². The summed E-state index contributed by atoms with van der Waals surface area (Å²) in [6, 6.07) is 11.6. The number of anilines is 2. The molecule has 176 valence electrons. The van der Waals surface area contributed by atoms with Crippen LogP contribution in [-0.4, -0.2) is 35.2 Å². The molecule has 34 heavy (non-hydrogen) atoms. The van der Waals surface area contributed by atoms with E-state index in [2.05, 4.69) is 10.4 Å². The van der Waals surface area contributed by atoms with Gasteiger partial charge in [-0.1, -0.05) is 24.3 Å². The molecule has 0 unspecified atom stereocenters. The van der Waals surface area contributed by atoms with Gasteiger partial charge < -0.3 is 19.7 Å². The molecule has 7 nitrogen and oxygen atoms in total. The molecule has 2 aromatic carbocycles. The fraction of sp³-hybridized carbons (Fsp3) is 0.333. The SMILES string of the molecule is O=C(c1cc2n(n1)[C@@H](C(F)(F)F)C[C@@H](c1ccc3c(c1)OCO3)N2)N1CCCc2ccccc21. The van der Waals surface area contributed by atoms with Crippen LogP contribution in [0.1, 0.15) is 46.5 Å². The monoisotopic (exact) mass is 470 g/mol. The van der Waals surface area contributed by atoms with Crippen LogP contribution in [0.5, 0.6) is 11.5 Å². The van der Waals surface area contributed by atoms with Crippen LogP contribution < -0.4 is 19.7 Å². The van der Waals surface area contributed by atoms with Crippen LogP contribution in [-0.2, 0) is 6.42 Å². The second kappa shape index (κ2) is 7.68. The average Bonchev–Trinajstić information content (AvgIpc) is 3.48. The van der Waals surface area contributed by atoms with Crippen molar-refractivity contribution in [1.29, 1.82) is 0 Å². The zero-order chi connectivity index (χ0) is 23.4. The Hall–Kier alpha value is -3.69. The van der Waals surface area contributed by atoms with Crippen molar-refractivity contribution in [3.8, 4) is 11.5 Å². The number of benzene rings is 2. The van der Waals surface area contributed by atoms with Gasteiger partial charge in [0.05, 0.1) is 6.04 Å². The fourth-order valence-corrected chi connectivity index (χ4v) is 4.91. The predicted octanol–water partition coefficient (Wildman–Crippen LogP) is 4.87. The van der Waals surface area contributed by atoms with E-state index >= 15 is 0 Å². The van der Waals surface area contributed by atoms with Crippen LogP contribution in [0.3, 0.4) is 0 Å². The van der Waals surface area contributed by atoms with Gasteiger partial charge in [0.1, 0.15) is 5.82 Å². The number of aromatic nitrogens is 2. The number of halogens is 3. The molecule has 10 heteroatoms. The number of nitrogens with one attached hydrogen (secondary N) is 1. The maximum absolute atomic E-state index is 14.1. The first-order valence-electron chi connectivity index (χ1n) is 11.1. The molecule has 0 spiro atoms. The summed E-state index contributed by atoms with van der Waals surface area (Å²) in [5, 5.41) is 7.27. The van der Waals surface area contributed by atoms with Gasteiger partial charge in [0, 0.05) is 24.7 Å². The third-order valence-electron chi connectivity index (χ3n) is 6.56. The molecule has 3 aliphatic heterocycles. The highest BCUT2D eigenvalue weighted by atomic mass is 19.4. The molecule has 2 atom stereocenters. The molecule has 0 saturated heterocycles. The Morgan fingerprint density at radius 2 is 1.91 bits per heavy atom. The molecule has 1 aromatic heterocycles. The number of ether oxygens (including phenoxy) is 2. The van der Waals surface area contributed by atoms with Crippen molar-refractivity contribution in [2.75, 3.05) is 23.6 Å². The third kappa shape index (κ3) is 3.44. The van der Waals surface area contributed by atoms with Crippen molar-refractivity contribution in [1.82, 2.24) is 9.78 Å². The number of aryl methyl sites for hydroxylation is 1. The van der Waals surface area contributed by atoms with Crippen LogP contribution in [0.25, 0.3) is 0 Å². The van der Waals surface area contributed by atoms with Crippen LogP contribution in [0.4, 0.5) is 24.7 Å². The van der Waals surface area contributed by atoms with Gasteiger partial charge in [-0.15, -0.1) is 0 Å². The predicted molar refractivity (Wildman–Crippen MR) is 117 cm³/mol. The number of alkyl halides is 3. The number of nitrogens with zero attached hydrogens (tertiary/aromatic N) is 3. The summed E-state index contributed by atoms with van der Waals surface area (Å²) < 4.78 is 53.8. The lowest BCUT2D eigenvalue weighted by Crippen LogP contribution is -2.37. The van der Waals surface area contributed by atoms with E-state index in [1.54, 1.807) is 23.1 Å². The molecule has 1 amide bonds. The largest absolute Gasteiger partial charge is 0.454 e. The zero-order valence-electron chi connectivity index (χ0n) is 18.0. The molecule has 3 aliphatic rings. The van der Waals surface area contributed by atoms with Gasteiger partial charge in [-0.05, 0) is 42.2 Å². The maximum atomic E-state index is 14.1. The summed E-state index contributed by atoms with van der Waals surface area (Å²) in [7, 11) is 0. The second-order valence-corrected chi connectivity index (χ2v) is 8.65. The number of para-hydroxylation sites is 1. The van der Waals surface area contributed by atoms with E-state index in [1.807, 2.05) is 24.3 Å². The number of carbonyl (C=O) groups is 1. The maximum Gasteiger partial charge on any atom is 0.410 e. The molecule has 0 fully saturated rings. The minimum atomic E-state index is -4.53. The fourth-order valence-electron chi connectivity index (χ4n) is 4.91. The van der Waals surface area contributed by atoms with Crippen molar-refractivity contribution in [3.05, 3.63) is 65.4 Å². The van der Waals surface area contributed by atoms with Crippen molar-refractivity contribution in [2.24, 2.45) is 0 Å². The van der Waals surface area contributed by atoms with Gasteiger partial charge >= 0.3 is 6.18 Å². The molecule has 0 bridgehead atoms. The minimum Gasteiger partial charge on any atom is -0.454 e. The molecule has 1 N–H and O–H groups in total. The molecule has 6 rings (SSSR count). The Labute approximate surface area is 193 Å². The number of rotatable bonds is 2. The van der Waals surface area contributed by atoms with Crippen LogP contribution in [0, 0.1) is 0 Å². The Morgan fingerprint density at radius 3 is 2.76 bits per heavy atom. The minimum absolute atomic E-state index is 0.0141. The molecule has 0 aliphatic carbocycles. The molecule has 0 saturated carbocycles. The Bertz CT molecular complexity index is 1270. The highest BCUT2D eigenvalue weighted by Crippen LogP contribution is 2.45. The van der Waals surface area contributed by atoms with E-state index in [1.165, 1.54) is 6.07 Å². The van der Waals surface area contributed by atoms with Gasteiger partial charge in [-0.3, -0.25) is 4.79 Å². The van der Waals surface area contributed by atoms with Gasteiger partial charge in [0.2, 0.25) is 6.79 Å². The molecule has 3 aromatic rings. The smallest absolute Gasteiger partial charge is 0.410 e. The third-order valence-corrected chi connectivity index (χ3v) is 6.56. The zero-order valence-corrected chi connectivity index (χ0v) is 18.0. The van der Waals surface area contributed by atoms with Gasteiger partial charge in [-0.25, -0.2) is 4.68 Å². The van der Waals surface area contributed by atoms with Crippen molar-refractivity contribution in [3.63, 3.8) is 0 Å². The molecule has 4 heterocycles. The van der Waals surface area contributed by atoms with Gasteiger partial charge in [0.25, 0.3) is 5.91 Å². The lowest BCUT2D eigenvalue weighted by atomic mass is 9.96. The average molecular weight is 470 g/mol. The van der Waals surface area contributed by atoms with E-state index in [0.29, 0.717) is 23.6 Å². The van der Waals surface area contributed by atoms with Crippen molar-refractivity contribution < 1.29 is 27.4 Å². The topological polar surface area (TPSA) is 68.6 Å². The van der Waals surface area contributed by atoms with E-state index in [-0.39, 0.29) is 24.7 Å². The lowest BCUT2D eigenvalue weighted by molar-refractivity contribution is -0.173. The van der Waals surface area contributed by atoms with Crippen LogP contribution >= 0.6 is 0 Å². The summed E-state index contributed by atoms with van der Waals surface area (Å²) in [4.78, 5) is 14.9. The van der Waals surface area contributed by atoms with E-state index in [4.69, 9.17) is 9.47 Å². The quantitative estimate of drug-likeness (QED) is 0.579. The Morgan fingerprint density at radius 1 is 1.09 bits per heavy atom. The first-order valence-corrected chi connectivity index (χ1v) is 11.1. The summed E-state index contributed by atoms with van der Waals surface area (Å²) in [6.07, 6.45) is -3.16.